The highest BCUT2D eigenvalue weighted by Crippen LogP contribution is 2.27. The van der Waals surface area contributed by atoms with Gasteiger partial charge in [0, 0.05) is 11.8 Å². The molecule has 0 fully saturated rings. The molecule has 2 N–H and O–H groups in total. The summed E-state index contributed by atoms with van der Waals surface area (Å²) in [4.78, 5) is -0.911. The van der Waals surface area contributed by atoms with Crippen LogP contribution in [0.25, 0.3) is 0 Å². The fraction of sp³-hybridized carbons (Fsp3) is 0. The van der Waals surface area contributed by atoms with E-state index in [0.29, 0.717) is 6.07 Å². The van der Waals surface area contributed by atoms with Crippen molar-refractivity contribution in [1.29, 1.82) is 0 Å². The molecule has 3 aromatic rings. The zero-order valence-corrected chi connectivity index (χ0v) is 17.9. The highest BCUT2D eigenvalue weighted by atomic mass is 35.5. The molecule has 0 radical (unpaired) electrons. The summed E-state index contributed by atoms with van der Waals surface area (Å²) >= 11 is 11.7. The van der Waals surface area contributed by atoms with Crippen molar-refractivity contribution < 1.29 is 25.6 Å². The number of benzene rings is 3. The number of anilines is 2. The van der Waals surface area contributed by atoms with Crippen molar-refractivity contribution in [3.05, 3.63) is 82.3 Å². The van der Waals surface area contributed by atoms with Crippen LogP contribution in [0, 0.1) is 11.6 Å². The zero-order chi connectivity index (χ0) is 22.1. The van der Waals surface area contributed by atoms with Crippen LogP contribution in [0.1, 0.15) is 0 Å². The summed E-state index contributed by atoms with van der Waals surface area (Å²) in [6.07, 6.45) is 0. The molecular weight excluding hydrogens is 481 g/mol. The smallest absolute Gasteiger partial charge is 0.264 e. The Balaban J connectivity index is 1.80. The average Bonchev–Trinajstić information content (AvgIpc) is 2.64. The first-order chi connectivity index (χ1) is 14.0. The van der Waals surface area contributed by atoms with Crippen molar-refractivity contribution in [3.63, 3.8) is 0 Å². The van der Waals surface area contributed by atoms with Gasteiger partial charge in [0.25, 0.3) is 20.0 Å². The monoisotopic (exact) mass is 492 g/mol. The van der Waals surface area contributed by atoms with E-state index in [4.69, 9.17) is 23.2 Å². The van der Waals surface area contributed by atoms with E-state index in [1.807, 2.05) is 0 Å². The van der Waals surface area contributed by atoms with Gasteiger partial charge in [-0.15, -0.1) is 0 Å². The third-order valence-corrected chi connectivity index (χ3v) is 7.32. The lowest BCUT2D eigenvalue weighted by Gasteiger charge is -2.11. The number of nitrogens with one attached hydrogen (secondary N) is 2. The molecule has 0 saturated carbocycles. The molecule has 0 atom stereocenters. The fourth-order valence-electron chi connectivity index (χ4n) is 2.38. The number of hydrogen-bond donors (Lipinski definition) is 2. The summed E-state index contributed by atoms with van der Waals surface area (Å²) in [7, 11) is -8.35. The van der Waals surface area contributed by atoms with E-state index < -0.39 is 36.6 Å². The second-order valence-corrected chi connectivity index (χ2v) is 10.1. The molecule has 0 saturated heterocycles. The van der Waals surface area contributed by atoms with Crippen LogP contribution < -0.4 is 9.44 Å². The molecule has 12 heteroatoms. The minimum atomic E-state index is -4.35. The quantitative estimate of drug-likeness (QED) is 0.513. The van der Waals surface area contributed by atoms with Crippen molar-refractivity contribution in [2.45, 2.75) is 9.79 Å². The summed E-state index contributed by atoms with van der Waals surface area (Å²) in [6, 6.07) is 10.9. The zero-order valence-electron chi connectivity index (χ0n) is 14.7. The van der Waals surface area contributed by atoms with E-state index in [-0.39, 0.29) is 26.3 Å². The molecule has 0 spiro atoms. The normalized spacial score (nSPS) is 11.9. The molecule has 0 bridgehead atoms. The molecule has 30 heavy (non-hydrogen) atoms. The summed E-state index contributed by atoms with van der Waals surface area (Å²) in [5.41, 5.74) is 0.160. The standard InChI is InChI=1S/C18H12Cl2F2N2O4S2/c19-15-7-4-13(10-16(15)20)24-29(25,26)14-5-2-12(3-6-14)23-30(27,28)18-8-1-11(21)9-17(18)22/h1-10,23-24H. The van der Waals surface area contributed by atoms with E-state index >= 15 is 0 Å². The lowest BCUT2D eigenvalue weighted by Crippen LogP contribution is -2.15. The van der Waals surface area contributed by atoms with Gasteiger partial charge < -0.3 is 0 Å². The summed E-state index contributed by atoms with van der Waals surface area (Å²) in [5, 5.41) is 0.420. The lowest BCUT2D eigenvalue weighted by molar-refractivity contribution is 0.551. The molecule has 3 rings (SSSR count). The van der Waals surface area contributed by atoms with Gasteiger partial charge >= 0.3 is 0 Å². The highest BCUT2D eigenvalue weighted by Gasteiger charge is 2.20. The van der Waals surface area contributed by atoms with Crippen LogP contribution in [-0.4, -0.2) is 16.8 Å². The van der Waals surface area contributed by atoms with Crippen molar-refractivity contribution >= 4 is 54.6 Å². The Morgan fingerprint density at radius 1 is 0.667 bits per heavy atom. The summed E-state index contributed by atoms with van der Waals surface area (Å²) < 4.78 is 80.7. The first-order valence-corrected chi connectivity index (χ1v) is 11.8. The van der Waals surface area contributed by atoms with Crippen LogP contribution in [0.5, 0.6) is 0 Å². The Labute approximate surface area is 181 Å². The second-order valence-electron chi connectivity index (χ2n) is 5.94. The molecule has 0 aromatic heterocycles. The molecule has 0 aliphatic heterocycles. The van der Waals surface area contributed by atoms with E-state index in [9.17, 15) is 25.6 Å². The van der Waals surface area contributed by atoms with Crippen LogP contribution in [0.2, 0.25) is 10.0 Å². The van der Waals surface area contributed by atoms with Crippen molar-refractivity contribution in [1.82, 2.24) is 0 Å². The van der Waals surface area contributed by atoms with E-state index in [1.165, 1.54) is 30.3 Å². The van der Waals surface area contributed by atoms with Crippen LogP contribution in [0.15, 0.2) is 70.5 Å². The minimum absolute atomic E-state index is 0.0211. The third kappa shape index (κ3) is 5.01. The molecule has 3 aromatic carbocycles. The lowest BCUT2D eigenvalue weighted by atomic mass is 10.3. The van der Waals surface area contributed by atoms with Gasteiger partial charge in [0.15, 0.2) is 0 Å². The molecule has 0 amide bonds. The molecule has 0 aliphatic carbocycles. The molecule has 6 nitrogen and oxygen atoms in total. The number of hydrogen-bond acceptors (Lipinski definition) is 4. The van der Waals surface area contributed by atoms with Crippen molar-refractivity contribution in [2.24, 2.45) is 0 Å². The van der Waals surface area contributed by atoms with Gasteiger partial charge in [-0.2, -0.15) is 0 Å². The first-order valence-electron chi connectivity index (χ1n) is 8.04. The van der Waals surface area contributed by atoms with Gasteiger partial charge in [0.1, 0.15) is 16.5 Å². The van der Waals surface area contributed by atoms with Crippen LogP contribution in [-0.2, 0) is 20.0 Å². The van der Waals surface area contributed by atoms with E-state index in [2.05, 4.69) is 9.44 Å². The summed E-state index contributed by atoms with van der Waals surface area (Å²) in [6.45, 7) is 0. The summed E-state index contributed by atoms with van der Waals surface area (Å²) in [5.74, 6) is -2.18. The van der Waals surface area contributed by atoms with Gasteiger partial charge in [0.05, 0.1) is 20.6 Å². The van der Waals surface area contributed by atoms with E-state index in [0.717, 1.165) is 24.3 Å². The highest BCUT2D eigenvalue weighted by molar-refractivity contribution is 7.93. The van der Waals surface area contributed by atoms with Gasteiger partial charge in [-0.1, -0.05) is 23.2 Å². The predicted molar refractivity (Wildman–Crippen MR) is 111 cm³/mol. The van der Waals surface area contributed by atoms with E-state index in [1.54, 1.807) is 0 Å². The maximum absolute atomic E-state index is 13.8. The molecule has 0 heterocycles. The Kier molecular flexibility index (Phi) is 6.23. The largest absolute Gasteiger partial charge is 0.280 e. The number of sulfonamides is 2. The fourth-order valence-corrected chi connectivity index (χ4v) is 4.85. The van der Waals surface area contributed by atoms with Crippen molar-refractivity contribution in [3.8, 4) is 0 Å². The maximum atomic E-state index is 13.8. The Bertz CT molecular complexity index is 1320. The topological polar surface area (TPSA) is 92.3 Å². The molecular formula is C18H12Cl2F2N2O4S2. The van der Waals surface area contributed by atoms with Crippen LogP contribution in [0.4, 0.5) is 20.2 Å². The number of halogens is 4. The SMILES string of the molecule is O=S(=O)(Nc1ccc(Cl)c(Cl)c1)c1ccc(NS(=O)(=O)c2ccc(F)cc2F)cc1. The Morgan fingerprint density at radius 2 is 1.27 bits per heavy atom. The van der Waals surface area contributed by atoms with Gasteiger partial charge in [0.2, 0.25) is 0 Å². The van der Waals surface area contributed by atoms with Gasteiger partial charge in [-0.05, 0) is 54.6 Å². The van der Waals surface area contributed by atoms with Gasteiger partial charge in [-0.3, -0.25) is 9.44 Å². The second kappa shape index (κ2) is 8.38. The molecule has 158 valence electrons. The average molecular weight is 493 g/mol. The number of rotatable bonds is 6. The minimum Gasteiger partial charge on any atom is -0.280 e. The molecule has 0 aliphatic rings. The van der Waals surface area contributed by atoms with Crippen LogP contribution in [0.3, 0.4) is 0 Å². The predicted octanol–water partition coefficient (Wildman–Crippen LogP) is 4.87. The van der Waals surface area contributed by atoms with Crippen LogP contribution >= 0.6 is 23.2 Å². The first kappa shape index (κ1) is 22.3. The Hall–Kier alpha value is -2.40. The molecule has 0 unspecified atom stereocenters. The Morgan fingerprint density at radius 3 is 1.87 bits per heavy atom. The maximum Gasteiger partial charge on any atom is 0.264 e. The van der Waals surface area contributed by atoms with Gasteiger partial charge in [-0.25, -0.2) is 25.6 Å². The van der Waals surface area contributed by atoms with Crippen molar-refractivity contribution in [2.75, 3.05) is 9.44 Å². The third-order valence-electron chi connectivity index (χ3n) is 3.77.